The first-order valence-corrected chi connectivity index (χ1v) is 8.27. The van der Waals surface area contributed by atoms with Crippen molar-refractivity contribution in [2.45, 2.75) is 4.90 Å². The smallest absolute Gasteiger partial charge is 0.265 e. The first-order valence-electron chi connectivity index (χ1n) is 6.45. The number of benzene rings is 2. The lowest BCUT2D eigenvalue weighted by Crippen LogP contribution is -2.25. The molecule has 0 atom stereocenters. The topological polar surface area (TPSA) is 59.0 Å². The predicted molar refractivity (Wildman–Crippen MR) is 85.6 cm³/mol. The average Bonchev–Trinajstić information content (AvgIpc) is 2.69. The number of ether oxygens (including phenoxy) is 1. The molecule has 3 rings (SSSR count). The lowest BCUT2D eigenvalue weighted by molar-refractivity contribution is 0.415. The molecule has 0 radical (unpaired) electrons. The zero-order chi connectivity index (χ0) is 15.9. The number of hydrogen-bond donors (Lipinski definition) is 0. The van der Waals surface area contributed by atoms with Gasteiger partial charge in [-0.15, -0.1) is 0 Å². The summed E-state index contributed by atoms with van der Waals surface area (Å²) >= 11 is 5.99. The number of halogens is 1. The van der Waals surface area contributed by atoms with E-state index < -0.39 is 10.0 Å². The first-order chi connectivity index (χ1) is 10.4. The molecule has 22 heavy (non-hydrogen) atoms. The summed E-state index contributed by atoms with van der Waals surface area (Å²) in [7, 11) is -0.506. The third-order valence-electron chi connectivity index (χ3n) is 3.43. The van der Waals surface area contributed by atoms with Crippen molar-refractivity contribution < 1.29 is 13.2 Å². The SMILES string of the molecule is COc1ccc(N=C2c3cc(Cl)ccc3S(=O)(=O)N2C)cc1. The third-order valence-corrected chi connectivity index (χ3v) is 5.47. The molecule has 2 aromatic carbocycles. The van der Waals surface area contributed by atoms with Crippen LogP contribution in [-0.4, -0.2) is 32.7 Å². The maximum atomic E-state index is 12.4. The molecule has 1 aliphatic rings. The fourth-order valence-corrected chi connectivity index (χ4v) is 3.74. The summed E-state index contributed by atoms with van der Waals surface area (Å²) in [6.45, 7) is 0. The van der Waals surface area contributed by atoms with Crippen LogP contribution < -0.4 is 4.74 Å². The Morgan fingerprint density at radius 2 is 1.82 bits per heavy atom. The maximum absolute atomic E-state index is 12.4. The Bertz CT molecular complexity index is 861. The van der Waals surface area contributed by atoms with Crippen LogP contribution in [0, 0.1) is 0 Å². The summed E-state index contributed by atoms with van der Waals surface area (Å²) in [5.74, 6) is 1.06. The van der Waals surface area contributed by atoms with Gasteiger partial charge in [0.2, 0.25) is 0 Å². The molecule has 0 bridgehead atoms. The van der Waals surface area contributed by atoms with Crippen LogP contribution in [0.1, 0.15) is 5.56 Å². The second-order valence-corrected chi connectivity index (χ2v) is 7.12. The van der Waals surface area contributed by atoms with Crippen molar-refractivity contribution in [3.8, 4) is 5.75 Å². The minimum absolute atomic E-state index is 0.215. The van der Waals surface area contributed by atoms with E-state index in [1.165, 1.54) is 13.1 Å². The molecule has 0 aromatic heterocycles. The Morgan fingerprint density at radius 1 is 1.14 bits per heavy atom. The molecule has 1 heterocycles. The second kappa shape index (κ2) is 5.30. The monoisotopic (exact) mass is 336 g/mol. The summed E-state index contributed by atoms with van der Waals surface area (Å²) in [5.41, 5.74) is 1.14. The van der Waals surface area contributed by atoms with Crippen LogP contribution in [-0.2, 0) is 10.0 Å². The van der Waals surface area contributed by atoms with Crippen LogP contribution >= 0.6 is 11.6 Å². The normalized spacial score (nSPS) is 17.6. The van der Waals surface area contributed by atoms with Crippen LogP contribution in [0.5, 0.6) is 5.75 Å². The minimum atomic E-state index is -3.56. The van der Waals surface area contributed by atoms with Crippen LogP contribution in [0.4, 0.5) is 5.69 Å². The summed E-state index contributed by atoms with van der Waals surface area (Å²) in [6, 6.07) is 11.7. The van der Waals surface area contributed by atoms with E-state index in [9.17, 15) is 8.42 Å². The molecule has 0 unspecified atom stereocenters. The van der Waals surface area contributed by atoms with Gasteiger partial charge < -0.3 is 4.74 Å². The quantitative estimate of drug-likeness (QED) is 0.846. The van der Waals surface area contributed by atoms with Gasteiger partial charge in [0.25, 0.3) is 10.0 Å². The average molecular weight is 337 g/mol. The molecule has 0 saturated carbocycles. The third kappa shape index (κ3) is 2.34. The molecule has 0 spiro atoms. The van der Waals surface area contributed by atoms with E-state index >= 15 is 0 Å². The van der Waals surface area contributed by atoms with Gasteiger partial charge in [-0.25, -0.2) is 13.4 Å². The molecule has 1 aliphatic heterocycles. The van der Waals surface area contributed by atoms with E-state index in [0.29, 0.717) is 27.9 Å². The van der Waals surface area contributed by atoms with Gasteiger partial charge in [0.15, 0.2) is 5.84 Å². The predicted octanol–water partition coefficient (Wildman–Crippen LogP) is 3.06. The largest absolute Gasteiger partial charge is 0.497 e. The Labute approximate surface area is 133 Å². The van der Waals surface area contributed by atoms with Gasteiger partial charge in [0, 0.05) is 17.6 Å². The highest BCUT2D eigenvalue weighted by atomic mass is 35.5. The Kier molecular flexibility index (Phi) is 3.58. The molecule has 7 heteroatoms. The molecule has 0 amide bonds. The number of nitrogens with zero attached hydrogens (tertiary/aromatic N) is 2. The standard InChI is InChI=1S/C15H13ClN2O3S/c1-18-15(17-11-4-6-12(21-2)7-5-11)13-9-10(16)3-8-14(13)22(18,19)20/h3-9H,1-2H3. The van der Waals surface area contributed by atoms with E-state index in [2.05, 4.69) is 4.99 Å². The highest BCUT2D eigenvalue weighted by Crippen LogP contribution is 2.33. The van der Waals surface area contributed by atoms with Crippen molar-refractivity contribution in [3.63, 3.8) is 0 Å². The highest BCUT2D eigenvalue weighted by molar-refractivity contribution is 7.90. The fourth-order valence-electron chi connectivity index (χ4n) is 2.24. The van der Waals surface area contributed by atoms with Crippen molar-refractivity contribution in [1.29, 1.82) is 0 Å². The van der Waals surface area contributed by atoms with E-state index in [1.54, 1.807) is 43.5 Å². The molecule has 0 saturated heterocycles. The van der Waals surface area contributed by atoms with Crippen molar-refractivity contribution >= 4 is 33.1 Å². The van der Waals surface area contributed by atoms with Crippen molar-refractivity contribution in [2.75, 3.05) is 14.2 Å². The van der Waals surface area contributed by atoms with Gasteiger partial charge in [0.05, 0.1) is 17.7 Å². The second-order valence-electron chi connectivity index (χ2n) is 4.75. The zero-order valence-corrected chi connectivity index (χ0v) is 13.5. The summed E-state index contributed by atoms with van der Waals surface area (Å²) in [6.07, 6.45) is 0. The molecule has 0 N–H and O–H groups in total. The van der Waals surface area contributed by atoms with E-state index in [-0.39, 0.29) is 4.90 Å². The number of hydrogen-bond acceptors (Lipinski definition) is 4. The molecular formula is C15H13ClN2O3S. The lowest BCUT2D eigenvalue weighted by Gasteiger charge is -2.11. The van der Waals surface area contributed by atoms with Gasteiger partial charge in [-0.1, -0.05) is 11.6 Å². The Balaban J connectivity index is 2.14. The van der Waals surface area contributed by atoms with E-state index in [4.69, 9.17) is 16.3 Å². The number of methoxy groups -OCH3 is 1. The summed E-state index contributed by atoms with van der Waals surface area (Å²) in [4.78, 5) is 4.66. The summed E-state index contributed by atoms with van der Waals surface area (Å²) in [5, 5.41) is 0.465. The van der Waals surface area contributed by atoms with Crippen LogP contribution in [0.15, 0.2) is 52.4 Å². The molecule has 0 aliphatic carbocycles. The molecule has 0 fully saturated rings. The van der Waals surface area contributed by atoms with Gasteiger partial charge >= 0.3 is 0 Å². The van der Waals surface area contributed by atoms with Crippen LogP contribution in [0.2, 0.25) is 5.02 Å². The number of amidine groups is 1. The number of rotatable bonds is 2. The Morgan fingerprint density at radius 3 is 2.45 bits per heavy atom. The van der Waals surface area contributed by atoms with Gasteiger partial charge in [-0.2, -0.15) is 0 Å². The number of aliphatic imine (C=N–C) groups is 1. The van der Waals surface area contributed by atoms with Gasteiger partial charge in [-0.3, -0.25) is 4.31 Å². The molecule has 5 nitrogen and oxygen atoms in total. The number of fused-ring (bicyclic) bond motifs is 1. The van der Waals surface area contributed by atoms with E-state index in [0.717, 1.165) is 4.31 Å². The van der Waals surface area contributed by atoms with Crippen molar-refractivity contribution in [2.24, 2.45) is 4.99 Å². The highest BCUT2D eigenvalue weighted by Gasteiger charge is 2.36. The molecule has 2 aromatic rings. The molecule has 114 valence electrons. The van der Waals surface area contributed by atoms with Crippen molar-refractivity contribution in [1.82, 2.24) is 4.31 Å². The van der Waals surface area contributed by atoms with Crippen LogP contribution in [0.25, 0.3) is 0 Å². The fraction of sp³-hybridized carbons (Fsp3) is 0.133. The Hall–Kier alpha value is -2.05. The summed E-state index contributed by atoms with van der Waals surface area (Å²) < 4.78 is 31.0. The van der Waals surface area contributed by atoms with E-state index in [1.807, 2.05) is 0 Å². The lowest BCUT2D eigenvalue weighted by atomic mass is 10.2. The van der Waals surface area contributed by atoms with Gasteiger partial charge in [0.1, 0.15) is 5.75 Å². The maximum Gasteiger partial charge on any atom is 0.265 e. The van der Waals surface area contributed by atoms with Crippen LogP contribution in [0.3, 0.4) is 0 Å². The first kappa shape index (κ1) is 14.9. The van der Waals surface area contributed by atoms with Gasteiger partial charge in [-0.05, 0) is 42.5 Å². The van der Waals surface area contributed by atoms with Crippen molar-refractivity contribution in [3.05, 3.63) is 53.1 Å². The minimum Gasteiger partial charge on any atom is -0.497 e. The number of sulfonamides is 1. The zero-order valence-electron chi connectivity index (χ0n) is 11.9. The molecular weight excluding hydrogens is 324 g/mol.